The van der Waals surface area contributed by atoms with E-state index in [1.807, 2.05) is 13.8 Å². The van der Waals surface area contributed by atoms with E-state index in [9.17, 15) is 9.90 Å². The molecule has 1 saturated carbocycles. The predicted molar refractivity (Wildman–Crippen MR) is 79.1 cm³/mol. The van der Waals surface area contributed by atoms with Crippen LogP contribution in [-0.2, 0) is 9.53 Å². The van der Waals surface area contributed by atoms with Gasteiger partial charge in [-0.05, 0) is 50.4 Å². The molecular formula is C17H30O3. The molecule has 0 aromatic heterocycles. The van der Waals surface area contributed by atoms with Crippen molar-refractivity contribution in [3.05, 3.63) is 0 Å². The van der Waals surface area contributed by atoms with Crippen molar-refractivity contribution in [3.8, 4) is 0 Å². The zero-order valence-corrected chi connectivity index (χ0v) is 13.6. The molecule has 0 spiro atoms. The van der Waals surface area contributed by atoms with Crippen molar-refractivity contribution in [2.45, 2.75) is 72.0 Å². The molecule has 0 aromatic carbocycles. The van der Waals surface area contributed by atoms with E-state index in [1.165, 1.54) is 12.8 Å². The van der Waals surface area contributed by atoms with E-state index in [0.29, 0.717) is 30.1 Å². The van der Waals surface area contributed by atoms with Gasteiger partial charge in [0, 0.05) is 5.92 Å². The Kier molecular flexibility index (Phi) is 4.48. The Balaban J connectivity index is 2.23. The molecule has 1 aliphatic carbocycles. The summed E-state index contributed by atoms with van der Waals surface area (Å²) in [6.07, 6.45) is 3.87. The van der Waals surface area contributed by atoms with Crippen LogP contribution in [0.25, 0.3) is 0 Å². The average Bonchev–Trinajstić information content (AvgIpc) is 2.70. The number of hydrogen-bond donors (Lipinski definition) is 1. The molecule has 1 heterocycles. The van der Waals surface area contributed by atoms with E-state index in [2.05, 4.69) is 20.8 Å². The summed E-state index contributed by atoms with van der Waals surface area (Å²) in [5.41, 5.74) is -0.848. The number of cyclic esters (lactones) is 1. The van der Waals surface area contributed by atoms with Crippen LogP contribution in [0.2, 0.25) is 0 Å². The maximum absolute atomic E-state index is 11.8. The van der Waals surface area contributed by atoms with E-state index in [-0.39, 0.29) is 18.0 Å². The molecule has 0 radical (unpaired) electrons. The van der Waals surface area contributed by atoms with Gasteiger partial charge in [0.05, 0.1) is 12.0 Å². The standard InChI is InChI=1S/C17H30O3/c1-10(2)12-7-6-11(3)8-13(12)16-14(17(4,5)19)9-15(18)20-16/h10-14,16,19H,6-9H2,1-5H3/t11-,12+,13-,14-,16+/m1/s1. The van der Waals surface area contributed by atoms with E-state index in [4.69, 9.17) is 4.74 Å². The number of esters is 1. The van der Waals surface area contributed by atoms with Gasteiger partial charge in [-0.2, -0.15) is 0 Å². The fourth-order valence-corrected chi connectivity index (χ4v) is 4.27. The lowest BCUT2D eigenvalue weighted by molar-refractivity contribution is -0.147. The van der Waals surface area contributed by atoms with Crippen LogP contribution in [0.4, 0.5) is 0 Å². The number of hydrogen-bond acceptors (Lipinski definition) is 3. The van der Waals surface area contributed by atoms with Gasteiger partial charge in [0.25, 0.3) is 0 Å². The molecule has 1 aliphatic heterocycles. The highest BCUT2D eigenvalue weighted by Gasteiger charge is 2.50. The van der Waals surface area contributed by atoms with E-state index < -0.39 is 5.60 Å². The zero-order chi connectivity index (χ0) is 15.1. The van der Waals surface area contributed by atoms with Gasteiger partial charge < -0.3 is 9.84 Å². The Morgan fingerprint density at radius 1 is 1.30 bits per heavy atom. The predicted octanol–water partition coefficient (Wildman–Crippen LogP) is 3.40. The van der Waals surface area contributed by atoms with Crippen LogP contribution in [0, 0.1) is 29.6 Å². The molecule has 20 heavy (non-hydrogen) atoms. The number of aliphatic hydroxyl groups is 1. The van der Waals surface area contributed by atoms with Crippen molar-refractivity contribution in [2.24, 2.45) is 29.6 Å². The van der Waals surface area contributed by atoms with Crippen molar-refractivity contribution in [1.82, 2.24) is 0 Å². The summed E-state index contributed by atoms with van der Waals surface area (Å²) in [4.78, 5) is 11.8. The lowest BCUT2D eigenvalue weighted by Gasteiger charge is -2.43. The zero-order valence-electron chi connectivity index (χ0n) is 13.6. The Hall–Kier alpha value is -0.570. The molecule has 5 atom stereocenters. The molecule has 1 N–H and O–H groups in total. The number of carbonyl (C=O) groups is 1. The Bertz CT molecular complexity index is 356. The second-order valence-electron chi connectivity index (χ2n) is 7.91. The minimum Gasteiger partial charge on any atom is -0.462 e. The lowest BCUT2D eigenvalue weighted by Crippen LogP contribution is -2.45. The molecule has 0 unspecified atom stereocenters. The molecule has 2 aliphatic rings. The summed E-state index contributed by atoms with van der Waals surface area (Å²) >= 11 is 0. The normalized spacial score (nSPS) is 39.1. The van der Waals surface area contributed by atoms with Gasteiger partial charge in [0.1, 0.15) is 6.10 Å². The number of ether oxygens (including phenoxy) is 1. The number of carbonyl (C=O) groups excluding carboxylic acids is 1. The molecule has 3 nitrogen and oxygen atoms in total. The lowest BCUT2D eigenvalue weighted by atomic mass is 9.64. The molecule has 0 aromatic rings. The van der Waals surface area contributed by atoms with Crippen LogP contribution >= 0.6 is 0 Å². The van der Waals surface area contributed by atoms with Crippen LogP contribution < -0.4 is 0 Å². The van der Waals surface area contributed by atoms with Crippen LogP contribution in [-0.4, -0.2) is 22.8 Å². The Morgan fingerprint density at radius 2 is 1.95 bits per heavy atom. The first-order valence-electron chi connectivity index (χ1n) is 8.12. The van der Waals surface area contributed by atoms with Gasteiger partial charge in [-0.15, -0.1) is 0 Å². The van der Waals surface area contributed by atoms with Crippen LogP contribution in [0.3, 0.4) is 0 Å². The van der Waals surface area contributed by atoms with Crippen LogP contribution in [0.15, 0.2) is 0 Å². The second-order valence-corrected chi connectivity index (χ2v) is 7.91. The smallest absolute Gasteiger partial charge is 0.306 e. The number of rotatable bonds is 3. The topological polar surface area (TPSA) is 46.5 Å². The molecule has 3 heteroatoms. The second kappa shape index (κ2) is 5.67. The monoisotopic (exact) mass is 282 g/mol. The fraction of sp³-hybridized carbons (Fsp3) is 0.941. The molecule has 0 amide bonds. The van der Waals surface area contributed by atoms with E-state index >= 15 is 0 Å². The van der Waals surface area contributed by atoms with Crippen molar-refractivity contribution in [3.63, 3.8) is 0 Å². The quantitative estimate of drug-likeness (QED) is 0.807. The minimum absolute atomic E-state index is 0.0634. The molecule has 2 fully saturated rings. The minimum atomic E-state index is -0.848. The first-order chi connectivity index (χ1) is 9.20. The third-order valence-corrected chi connectivity index (χ3v) is 5.45. The van der Waals surface area contributed by atoms with Crippen molar-refractivity contribution < 1.29 is 14.6 Å². The van der Waals surface area contributed by atoms with Crippen molar-refractivity contribution in [2.75, 3.05) is 0 Å². The van der Waals surface area contributed by atoms with Crippen LogP contribution in [0.5, 0.6) is 0 Å². The fourth-order valence-electron chi connectivity index (χ4n) is 4.27. The molecule has 2 rings (SSSR count). The summed E-state index contributed by atoms with van der Waals surface area (Å²) in [5.74, 6) is 2.11. The highest BCUT2D eigenvalue weighted by atomic mass is 16.6. The van der Waals surface area contributed by atoms with E-state index in [0.717, 1.165) is 6.42 Å². The first kappa shape index (κ1) is 15.8. The van der Waals surface area contributed by atoms with Gasteiger partial charge in [-0.25, -0.2) is 0 Å². The first-order valence-corrected chi connectivity index (χ1v) is 8.12. The maximum atomic E-state index is 11.8. The summed E-state index contributed by atoms with van der Waals surface area (Å²) in [6, 6.07) is 0. The van der Waals surface area contributed by atoms with Gasteiger partial charge >= 0.3 is 5.97 Å². The van der Waals surface area contributed by atoms with Crippen LogP contribution in [0.1, 0.15) is 60.3 Å². The largest absolute Gasteiger partial charge is 0.462 e. The van der Waals surface area contributed by atoms with Gasteiger partial charge in [0.15, 0.2) is 0 Å². The molecule has 1 saturated heterocycles. The average molecular weight is 282 g/mol. The highest BCUT2D eigenvalue weighted by molar-refractivity contribution is 5.72. The molecular weight excluding hydrogens is 252 g/mol. The van der Waals surface area contributed by atoms with E-state index in [1.54, 1.807) is 0 Å². The molecule has 116 valence electrons. The third kappa shape index (κ3) is 3.19. The van der Waals surface area contributed by atoms with Gasteiger partial charge in [-0.3, -0.25) is 4.79 Å². The Labute approximate surface area is 123 Å². The summed E-state index contributed by atoms with van der Waals surface area (Å²) in [7, 11) is 0. The highest BCUT2D eigenvalue weighted by Crippen LogP contribution is 2.46. The summed E-state index contributed by atoms with van der Waals surface area (Å²) < 4.78 is 5.67. The van der Waals surface area contributed by atoms with Crippen molar-refractivity contribution in [1.29, 1.82) is 0 Å². The summed E-state index contributed by atoms with van der Waals surface area (Å²) in [5, 5.41) is 10.4. The maximum Gasteiger partial charge on any atom is 0.306 e. The van der Waals surface area contributed by atoms with Gasteiger partial charge in [-0.1, -0.05) is 27.2 Å². The SMILES string of the molecule is CC(C)[C@@H]1CC[C@@H](C)C[C@H]1[C@@H]1OC(=O)C[C@H]1C(C)(C)O. The Morgan fingerprint density at radius 3 is 2.50 bits per heavy atom. The van der Waals surface area contributed by atoms with Crippen molar-refractivity contribution >= 4 is 5.97 Å². The third-order valence-electron chi connectivity index (χ3n) is 5.45. The molecule has 0 bridgehead atoms. The summed E-state index contributed by atoms with van der Waals surface area (Å²) in [6.45, 7) is 10.4. The van der Waals surface area contributed by atoms with Gasteiger partial charge in [0.2, 0.25) is 0 Å².